The number of H-pyrrole nitrogens is 1. The van der Waals surface area contributed by atoms with Crippen LogP contribution in [0.3, 0.4) is 0 Å². The van der Waals surface area contributed by atoms with Crippen molar-refractivity contribution in [2.45, 2.75) is 0 Å². The van der Waals surface area contributed by atoms with E-state index in [0.717, 1.165) is 0 Å². The summed E-state index contributed by atoms with van der Waals surface area (Å²) in [6.07, 6.45) is 4.64. The molecule has 0 fully saturated rings. The quantitative estimate of drug-likeness (QED) is 0.494. The lowest BCUT2D eigenvalue weighted by atomic mass is 10.6. The molecule has 0 aliphatic heterocycles. The van der Waals surface area contributed by atoms with Gasteiger partial charge in [0.05, 0.1) is 18.6 Å². The van der Waals surface area contributed by atoms with Crippen LogP contribution in [-0.4, -0.2) is 46.2 Å². The molecule has 0 aromatic carbocycles. The van der Waals surface area contributed by atoms with E-state index in [1.165, 1.54) is 6.20 Å². The molecule has 0 saturated heterocycles. The highest BCUT2D eigenvalue weighted by Crippen LogP contribution is 1.95. The van der Waals surface area contributed by atoms with Crippen LogP contribution in [0.2, 0.25) is 0 Å². The predicted molar refractivity (Wildman–Crippen MR) is 47.1 cm³/mol. The van der Waals surface area contributed by atoms with Crippen LogP contribution in [0.4, 0.5) is 0 Å². The van der Waals surface area contributed by atoms with Crippen molar-refractivity contribution >= 4 is 11.2 Å². The molecule has 3 aromatic rings. The van der Waals surface area contributed by atoms with Crippen molar-refractivity contribution in [2.24, 2.45) is 0 Å². The molecule has 3 heterocycles. The van der Waals surface area contributed by atoms with Gasteiger partial charge in [-0.2, -0.15) is 10.3 Å². The van der Waals surface area contributed by atoms with Crippen molar-refractivity contribution in [1.29, 1.82) is 0 Å². The van der Waals surface area contributed by atoms with Gasteiger partial charge >= 0.3 is 0 Å². The van der Waals surface area contributed by atoms with Crippen LogP contribution >= 0.6 is 0 Å². The van der Waals surface area contributed by atoms with Gasteiger partial charge in [-0.1, -0.05) is 0 Å². The van der Waals surface area contributed by atoms with Crippen molar-refractivity contribution in [1.82, 2.24) is 46.2 Å². The SMILES string of the molecule is c1cnnnc1.c1nnnc2n[nH]nc12. The Hall–Kier alpha value is -2.58. The first-order chi connectivity index (χ1) is 7.47. The second-order valence-electron chi connectivity index (χ2n) is 2.28. The summed E-state index contributed by atoms with van der Waals surface area (Å²) < 4.78 is 0. The fourth-order valence-electron chi connectivity index (χ4n) is 0.747. The van der Waals surface area contributed by atoms with Gasteiger partial charge in [0.2, 0.25) is 5.65 Å². The summed E-state index contributed by atoms with van der Waals surface area (Å²) in [5, 5.41) is 30.4. The maximum absolute atomic E-state index is 3.72. The summed E-state index contributed by atoms with van der Waals surface area (Å²) in [5.41, 5.74) is 1.12. The van der Waals surface area contributed by atoms with E-state index in [1.54, 1.807) is 18.5 Å². The Bertz CT molecular complexity index is 449. The van der Waals surface area contributed by atoms with Gasteiger partial charge in [0.1, 0.15) is 0 Å². The van der Waals surface area contributed by atoms with Crippen molar-refractivity contribution in [2.75, 3.05) is 0 Å². The van der Waals surface area contributed by atoms with Gasteiger partial charge in [-0.05, 0) is 16.5 Å². The number of hydrogen-bond donors (Lipinski definition) is 1. The van der Waals surface area contributed by atoms with E-state index in [0.29, 0.717) is 11.2 Å². The summed E-state index contributed by atoms with van der Waals surface area (Å²) in [6, 6.07) is 1.72. The molecule has 1 N–H and O–H groups in total. The molecule has 0 unspecified atom stereocenters. The van der Waals surface area contributed by atoms with Crippen LogP contribution in [0.5, 0.6) is 0 Å². The Kier molecular flexibility index (Phi) is 2.76. The van der Waals surface area contributed by atoms with E-state index in [4.69, 9.17) is 0 Å². The number of hydrogen-bond acceptors (Lipinski definition) is 8. The smallest absolute Gasteiger partial charge is 0.195 e. The third-order valence-electron chi connectivity index (χ3n) is 1.34. The van der Waals surface area contributed by atoms with Gasteiger partial charge < -0.3 is 0 Å². The molecule has 9 nitrogen and oxygen atoms in total. The van der Waals surface area contributed by atoms with Gasteiger partial charge in [0, 0.05) is 0 Å². The van der Waals surface area contributed by atoms with E-state index in [9.17, 15) is 0 Å². The minimum Gasteiger partial charge on any atom is -0.195 e. The molecule has 0 saturated carbocycles. The molecule has 0 atom stereocenters. The fourth-order valence-corrected chi connectivity index (χ4v) is 0.747. The first-order valence-corrected chi connectivity index (χ1v) is 3.90. The van der Waals surface area contributed by atoms with Gasteiger partial charge in [-0.3, -0.25) is 0 Å². The molecule has 3 rings (SSSR count). The Labute approximate surface area is 83.0 Å². The van der Waals surface area contributed by atoms with E-state index in [2.05, 4.69) is 46.2 Å². The highest BCUT2D eigenvalue weighted by atomic mass is 15.4. The van der Waals surface area contributed by atoms with Crippen LogP contribution in [0.25, 0.3) is 11.2 Å². The highest BCUT2D eigenvalue weighted by molar-refractivity contribution is 5.65. The topological polar surface area (TPSA) is 119 Å². The zero-order valence-corrected chi connectivity index (χ0v) is 7.39. The van der Waals surface area contributed by atoms with Crippen LogP contribution in [-0.2, 0) is 0 Å². The number of aromatic amines is 1. The number of nitrogens with one attached hydrogen (secondary N) is 1. The summed E-state index contributed by atoms with van der Waals surface area (Å²) >= 11 is 0. The Morgan fingerprint density at radius 3 is 2.40 bits per heavy atom. The maximum Gasteiger partial charge on any atom is 0.226 e. The van der Waals surface area contributed by atoms with Crippen molar-refractivity contribution in [3.05, 3.63) is 24.7 Å². The predicted octanol–water partition coefficient (Wildman–Crippen LogP) is -0.986. The van der Waals surface area contributed by atoms with Crippen molar-refractivity contribution < 1.29 is 0 Å². The average Bonchev–Trinajstić information content (AvgIpc) is 2.80. The van der Waals surface area contributed by atoms with Crippen LogP contribution in [0, 0.1) is 0 Å². The van der Waals surface area contributed by atoms with Crippen molar-refractivity contribution in [3.63, 3.8) is 0 Å². The molecule has 0 aliphatic carbocycles. The van der Waals surface area contributed by atoms with Crippen LogP contribution in [0.15, 0.2) is 24.7 Å². The maximum atomic E-state index is 3.72. The molecule has 0 radical (unpaired) electrons. The second-order valence-corrected chi connectivity index (χ2v) is 2.28. The highest BCUT2D eigenvalue weighted by Gasteiger charge is 1.95. The minimum absolute atomic E-state index is 0.491. The summed E-state index contributed by atoms with van der Waals surface area (Å²) in [4.78, 5) is 0. The third kappa shape index (κ3) is 2.43. The van der Waals surface area contributed by atoms with Crippen LogP contribution in [0.1, 0.15) is 0 Å². The van der Waals surface area contributed by atoms with Crippen molar-refractivity contribution in [3.8, 4) is 0 Å². The fraction of sp³-hybridized carbons (Fsp3) is 0. The van der Waals surface area contributed by atoms with E-state index >= 15 is 0 Å². The van der Waals surface area contributed by atoms with E-state index in [-0.39, 0.29) is 0 Å². The standard InChI is InChI=1S/C3H2N6.C3H3N3/c1-2-3(6-8-4-1)7-9-5-2;1-2-4-6-5-3-1/h1H,(H,4,5,6,7,9);1-3H. The van der Waals surface area contributed by atoms with Gasteiger partial charge in [-0.15, -0.1) is 25.5 Å². The largest absolute Gasteiger partial charge is 0.226 e. The number of fused-ring (bicyclic) bond motifs is 1. The normalized spacial score (nSPS) is 9.33. The second kappa shape index (κ2) is 4.60. The van der Waals surface area contributed by atoms with E-state index in [1.807, 2.05) is 0 Å². The first-order valence-electron chi connectivity index (χ1n) is 3.90. The Morgan fingerprint density at radius 1 is 0.933 bits per heavy atom. The van der Waals surface area contributed by atoms with Gasteiger partial charge in [0.25, 0.3) is 0 Å². The molecule has 0 spiro atoms. The lowest BCUT2D eigenvalue weighted by Gasteiger charge is -1.75. The van der Waals surface area contributed by atoms with Crippen LogP contribution < -0.4 is 0 Å². The number of nitrogens with zero attached hydrogens (tertiary/aromatic N) is 8. The Balaban J connectivity index is 0.000000124. The molecule has 0 amide bonds. The molecule has 0 bridgehead atoms. The average molecular weight is 203 g/mol. The third-order valence-corrected chi connectivity index (χ3v) is 1.34. The molecule has 15 heavy (non-hydrogen) atoms. The molecule has 3 aromatic heterocycles. The summed E-state index contributed by atoms with van der Waals surface area (Å²) in [5.74, 6) is 0. The summed E-state index contributed by atoms with van der Waals surface area (Å²) in [7, 11) is 0. The monoisotopic (exact) mass is 203 g/mol. The molecule has 74 valence electrons. The molecular formula is C6H5N9. The number of aromatic nitrogens is 9. The summed E-state index contributed by atoms with van der Waals surface area (Å²) in [6.45, 7) is 0. The zero-order valence-electron chi connectivity index (χ0n) is 7.39. The molecule has 9 heteroatoms. The minimum atomic E-state index is 0.491. The zero-order chi connectivity index (χ0) is 10.3. The molecular weight excluding hydrogens is 198 g/mol. The lowest BCUT2D eigenvalue weighted by Crippen LogP contribution is -1.84. The lowest BCUT2D eigenvalue weighted by molar-refractivity contribution is 0.865. The Morgan fingerprint density at radius 2 is 1.80 bits per heavy atom. The van der Waals surface area contributed by atoms with E-state index < -0.39 is 0 Å². The molecule has 0 aliphatic rings. The van der Waals surface area contributed by atoms with Gasteiger partial charge in [-0.25, -0.2) is 0 Å². The first kappa shape index (κ1) is 8.99. The number of rotatable bonds is 0. The van der Waals surface area contributed by atoms with Gasteiger partial charge in [0.15, 0.2) is 5.52 Å².